The molecule has 0 aliphatic rings. The van der Waals surface area contributed by atoms with Gasteiger partial charge in [-0.25, -0.2) is 9.97 Å². The van der Waals surface area contributed by atoms with Gasteiger partial charge in [0.15, 0.2) is 11.6 Å². The van der Waals surface area contributed by atoms with Gasteiger partial charge in [0, 0.05) is 11.3 Å². The number of alkyl halides is 3. The highest BCUT2D eigenvalue weighted by Gasteiger charge is 2.31. The molecule has 8 nitrogen and oxygen atoms in total. The van der Waals surface area contributed by atoms with Gasteiger partial charge in [0.05, 0.1) is 0 Å². The highest BCUT2D eigenvalue weighted by Crippen LogP contribution is 2.28. The Kier molecular flexibility index (Phi) is 5.85. The molecule has 0 radical (unpaired) electrons. The number of anilines is 4. The van der Waals surface area contributed by atoms with Crippen molar-refractivity contribution in [2.24, 2.45) is 0 Å². The molecule has 0 fully saturated rings. The van der Waals surface area contributed by atoms with Gasteiger partial charge in [-0.15, -0.1) is 13.2 Å². The Morgan fingerprint density at radius 3 is 2.36 bits per heavy atom. The van der Waals surface area contributed by atoms with Crippen LogP contribution in [0.3, 0.4) is 0 Å². The molecular formula is C22H17F3N6O2. The number of aromatic nitrogens is 2. The zero-order chi connectivity index (χ0) is 23.4. The van der Waals surface area contributed by atoms with Crippen molar-refractivity contribution in [2.75, 3.05) is 16.5 Å². The molecule has 0 aliphatic heterocycles. The van der Waals surface area contributed by atoms with E-state index in [0.29, 0.717) is 11.3 Å². The maximum absolute atomic E-state index is 12.7. The fraction of sp³-hybridized carbons (Fsp3) is 0.0455. The van der Waals surface area contributed by atoms with Crippen LogP contribution in [-0.4, -0.2) is 22.2 Å². The fourth-order valence-corrected chi connectivity index (χ4v) is 3.08. The van der Waals surface area contributed by atoms with Crippen molar-refractivity contribution >= 4 is 39.7 Å². The largest absolute Gasteiger partial charge is 0.573 e. The minimum atomic E-state index is -4.77. The Labute approximate surface area is 185 Å². The SMILES string of the molecule is Nc1c(NNC(=O)c2cccc3ccccc23)ncnc1Nc1ccc(OC(F)(F)F)cc1. The zero-order valence-electron chi connectivity index (χ0n) is 16.9. The summed E-state index contributed by atoms with van der Waals surface area (Å²) in [5.41, 5.74) is 12.3. The van der Waals surface area contributed by atoms with Crippen LogP contribution in [0.2, 0.25) is 0 Å². The van der Waals surface area contributed by atoms with Gasteiger partial charge in [0.25, 0.3) is 5.91 Å². The number of nitrogens with two attached hydrogens (primary N) is 1. The molecule has 0 saturated heterocycles. The van der Waals surface area contributed by atoms with Crippen molar-refractivity contribution in [1.82, 2.24) is 15.4 Å². The highest BCUT2D eigenvalue weighted by atomic mass is 19.4. The summed E-state index contributed by atoms with van der Waals surface area (Å²) in [7, 11) is 0. The number of hydrazine groups is 1. The second-order valence-electron chi connectivity index (χ2n) is 6.79. The van der Waals surface area contributed by atoms with Gasteiger partial charge >= 0.3 is 6.36 Å². The average molecular weight is 454 g/mol. The van der Waals surface area contributed by atoms with Crippen molar-refractivity contribution in [3.05, 3.63) is 78.6 Å². The number of nitrogen functional groups attached to an aromatic ring is 1. The monoisotopic (exact) mass is 454 g/mol. The van der Waals surface area contributed by atoms with Crippen LogP contribution in [0.5, 0.6) is 5.75 Å². The molecule has 11 heteroatoms. The molecule has 1 amide bonds. The molecule has 0 bridgehead atoms. The van der Waals surface area contributed by atoms with Gasteiger partial charge in [-0.1, -0.05) is 36.4 Å². The molecule has 0 aliphatic carbocycles. The van der Waals surface area contributed by atoms with Crippen LogP contribution < -0.4 is 26.6 Å². The van der Waals surface area contributed by atoms with Crippen molar-refractivity contribution < 1.29 is 22.7 Å². The summed E-state index contributed by atoms with van der Waals surface area (Å²) in [5.74, 6) is -0.420. The van der Waals surface area contributed by atoms with E-state index in [0.717, 1.165) is 22.9 Å². The predicted octanol–water partition coefficient (Wildman–Crippen LogP) is 4.61. The lowest BCUT2D eigenvalue weighted by atomic mass is 10.0. The number of benzene rings is 3. The van der Waals surface area contributed by atoms with Crippen LogP contribution >= 0.6 is 0 Å². The van der Waals surface area contributed by atoms with E-state index >= 15 is 0 Å². The van der Waals surface area contributed by atoms with E-state index in [1.807, 2.05) is 30.3 Å². The van der Waals surface area contributed by atoms with Crippen LogP contribution in [0.25, 0.3) is 10.8 Å². The molecule has 4 rings (SSSR count). The summed E-state index contributed by atoms with van der Waals surface area (Å²) >= 11 is 0. The number of halogens is 3. The van der Waals surface area contributed by atoms with Crippen molar-refractivity contribution in [1.29, 1.82) is 0 Å². The van der Waals surface area contributed by atoms with E-state index in [4.69, 9.17) is 5.73 Å². The van der Waals surface area contributed by atoms with Crippen molar-refractivity contribution in [2.45, 2.75) is 6.36 Å². The standard InChI is InChI=1S/C22H17F3N6O2/c23-22(24,25)33-15-10-8-14(9-11-15)29-19-18(26)20(28-12-27-19)30-31-21(32)17-7-3-5-13-4-1-2-6-16(13)17/h1-12H,26H2,(H,31,32)(H2,27,28,29,30). The molecule has 5 N–H and O–H groups in total. The lowest BCUT2D eigenvalue weighted by Gasteiger charge is -2.14. The van der Waals surface area contributed by atoms with E-state index < -0.39 is 6.36 Å². The van der Waals surface area contributed by atoms with Crippen LogP contribution in [-0.2, 0) is 0 Å². The van der Waals surface area contributed by atoms with Gasteiger partial charge in [-0.2, -0.15) is 0 Å². The number of hydrogen-bond donors (Lipinski definition) is 4. The highest BCUT2D eigenvalue weighted by molar-refractivity contribution is 6.07. The predicted molar refractivity (Wildman–Crippen MR) is 118 cm³/mol. The van der Waals surface area contributed by atoms with Gasteiger partial charge in [-0.3, -0.25) is 15.6 Å². The van der Waals surface area contributed by atoms with E-state index in [2.05, 4.69) is 30.9 Å². The third-order valence-electron chi connectivity index (χ3n) is 4.56. The summed E-state index contributed by atoms with van der Waals surface area (Å²) in [6.45, 7) is 0. The van der Waals surface area contributed by atoms with Crippen LogP contribution in [0.1, 0.15) is 10.4 Å². The van der Waals surface area contributed by atoms with Crippen LogP contribution in [0.15, 0.2) is 73.1 Å². The molecule has 33 heavy (non-hydrogen) atoms. The first-order valence-electron chi connectivity index (χ1n) is 9.57. The van der Waals surface area contributed by atoms with E-state index in [1.54, 1.807) is 12.1 Å². The summed E-state index contributed by atoms with van der Waals surface area (Å²) in [5, 5.41) is 4.59. The number of ether oxygens (including phenoxy) is 1. The normalized spacial score (nSPS) is 11.1. The number of nitrogens with one attached hydrogen (secondary N) is 3. The molecule has 0 spiro atoms. The van der Waals surface area contributed by atoms with Crippen LogP contribution in [0.4, 0.5) is 36.2 Å². The lowest BCUT2D eigenvalue weighted by Crippen LogP contribution is -2.30. The van der Waals surface area contributed by atoms with Crippen LogP contribution in [0, 0.1) is 0 Å². The number of rotatable bonds is 6. The Balaban J connectivity index is 1.45. The molecule has 1 aromatic heterocycles. The Morgan fingerprint density at radius 2 is 1.61 bits per heavy atom. The summed E-state index contributed by atoms with van der Waals surface area (Å²) < 4.78 is 40.7. The summed E-state index contributed by atoms with van der Waals surface area (Å²) in [6, 6.07) is 17.9. The molecule has 3 aromatic carbocycles. The average Bonchev–Trinajstić information content (AvgIpc) is 2.79. The Morgan fingerprint density at radius 1 is 0.909 bits per heavy atom. The first-order chi connectivity index (χ1) is 15.8. The lowest BCUT2D eigenvalue weighted by molar-refractivity contribution is -0.274. The minimum Gasteiger partial charge on any atom is -0.406 e. The molecule has 0 atom stereocenters. The zero-order valence-corrected chi connectivity index (χ0v) is 16.9. The maximum Gasteiger partial charge on any atom is 0.573 e. The van der Waals surface area contributed by atoms with Crippen molar-refractivity contribution in [3.63, 3.8) is 0 Å². The van der Waals surface area contributed by atoms with E-state index in [-0.39, 0.29) is 29.0 Å². The Bertz CT molecular complexity index is 1290. The smallest absolute Gasteiger partial charge is 0.406 e. The molecule has 4 aromatic rings. The van der Waals surface area contributed by atoms with Gasteiger partial charge in [-0.05, 0) is 41.1 Å². The first-order valence-corrected chi connectivity index (χ1v) is 9.57. The van der Waals surface area contributed by atoms with E-state index in [1.165, 1.54) is 18.5 Å². The number of hydrogen-bond acceptors (Lipinski definition) is 7. The molecular weight excluding hydrogens is 437 g/mol. The number of amides is 1. The maximum atomic E-state index is 12.7. The summed E-state index contributed by atoms with van der Waals surface area (Å²) in [6.07, 6.45) is -3.56. The van der Waals surface area contributed by atoms with Crippen molar-refractivity contribution in [3.8, 4) is 5.75 Å². The molecule has 1 heterocycles. The van der Waals surface area contributed by atoms with Gasteiger partial charge < -0.3 is 15.8 Å². The van der Waals surface area contributed by atoms with Gasteiger partial charge in [0.2, 0.25) is 0 Å². The Hall–Kier alpha value is -4.54. The number of carbonyl (C=O) groups is 1. The quantitative estimate of drug-likeness (QED) is 0.315. The summed E-state index contributed by atoms with van der Waals surface area (Å²) in [4.78, 5) is 20.7. The second kappa shape index (κ2) is 8.91. The van der Waals surface area contributed by atoms with E-state index in [9.17, 15) is 18.0 Å². The fourth-order valence-electron chi connectivity index (χ4n) is 3.08. The number of carbonyl (C=O) groups excluding carboxylic acids is 1. The second-order valence-corrected chi connectivity index (χ2v) is 6.79. The number of nitrogens with zero attached hydrogens (tertiary/aromatic N) is 2. The number of fused-ring (bicyclic) bond motifs is 1. The minimum absolute atomic E-state index is 0.0892. The van der Waals surface area contributed by atoms with Gasteiger partial charge in [0.1, 0.15) is 17.8 Å². The molecule has 168 valence electrons. The third-order valence-corrected chi connectivity index (χ3v) is 4.56. The molecule has 0 unspecified atom stereocenters. The first kappa shape index (κ1) is 21.7. The topological polar surface area (TPSA) is 114 Å². The third kappa shape index (κ3) is 5.21. The molecule has 0 saturated carbocycles.